The van der Waals surface area contributed by atoms with Crippen molar-refractivity contribution >= 4 is 11.6 Å². The summed E-state index contributed by atoms with van der Waals surface area (Å²) in [5.74, 6) is 1.32. The van der Waals surface area contributed by atoms with Crippen LogP contribution in [0.15, 0.2) is 42.5 Å². The van der Waals surface area contributed by atoms with Crippen LogP contribution in [0.3, 0.4) is 0 Å². The number of nitrogens with zero attached hydrogens (tertiary/aromatic N) is 1. The summed E-state index contributed by atoms with van der Waals surface area (Å²) < 4.78 is 11.3. The van der Waals surface area contributed by atoms with E-state index < -0.39 is 6.10 Å². The molecule has 2 aromatic carbocycles. The Kier molecular flexibility index (Phi) is 4.60. The van der Waals surface area contributed by atoms with Crippen LogP contribution in [0.4, 0.5) is 5.69 Å². The highest BCUT2D eigenvalue weighted by Crippen LogP contribution is 2.37. The lowest BCUT2D eigenvalue weighted by Crippen LogP contribution is -2.47. The van der Waals surface area contributed by atoms with Gasteiger partial charge >= 0.3 is 0 Å². The van der Waals surface area contributed by atoms with Gasteiger partial charge in [0.15, 0.2) is 6.10 Å². The molecule has 1 aliphatic heterocycles. The monoisotopic (exact) mass is 327 g/mol. The number of fused-ring (bicyclic) bond motifs is 1. The molecular weight excluding hydrogens is 306 g/mol. The number of phenolic OH excluding ortho intramolecular Hbond substituents is 1. The Morgan fingerprint density at radius 2 is 2.04 bits per heavy atom. The van der Waals surface area contributed by atoms with Gasteiger partial charge in [-0.15, -0.1) is 0 Å². The van der Waals surface area contributed by atoms with Gasteiger partial charge in [-0.2, -0.15) is 0 Å². The highest BCUT2D eigenvalue weighted by Gasteiger charge is 2.34. The van der Waals surface area contributed by atoms with Crippen molar-refractivity contribution in [1.82, 2.24) is 0 Å². The lowest BCUT2D eigenvalue weighted by molar-refractivity contribution is -0.126. The quantitative estimate of drug-likeness (QED) is 0.916. The largest absolute Gasteiger partial charge is 0.508 e. The van der Waals surface area contributed by atoms with Crippen LogP contribution in [-0.2, 0) is 11.2 Å². The Balaban J connectivity index is 1.93. The van der Waals surface area contributed by atoms with Gasteiger partial charge < -0.3 is 19.5 Å². The van der Waals surface area contributed by atoms with Crippen LogP contribution in [0, 0.1) is 0 Å². The lowest BCUT2D eigenvalue weighted by Gasteiger charge is -2.34. The molecule has 0 radical (unpaired) electrons. The van der Waals surface area contributed by atoms with Crippen molar-refractivity contribution in [2.75, 3.05) is 18.6 Å². The van der Waals surface area contributed by atoms with E-state index in [-0.39, 0.29) is 11.7 Å². The third kappa shape index (κ3) is 3.02. The maximum atomic E-state index is 12.9. The molecule has 3 rings (SSSR count). The van der Waals surface area contributed by atoms with Crippen molar-refractivity contribution in [2.45, 2.75) is 25.9 Å². The third-order valence-electron chi connectivity index (χ3n) is 4.09. The molecule has 0 saturated heterocycles. The Labute approximate surface area is 141 Å². The Hall–Kier alpha value is -2.69. The first kappa shape index (κ1) is 16.2. The topological polar surface area (TPSA) is 59.0 Å². The molecule has 5 nitrogen and oxygen atoms in total. The lowest BCUT2D eigenvalue weighted by atomic mass is 10.0. The predicted molar refractivity (Wildman–Crippen MR) is 91.9 cm³/mol. The summed E-state index contributed by atoms with van der Waals surface area (Å²) in [4.78, 5) is 14.6. The van der Waals surface area contributed by atoms with E-state index in [4.69, 9.17) is 9.47 Å². The minimum Gasteiger partial charge on any atom is -0.508 e. The van der Waals surface area contributed by atoms with Crippen molar-refractivity contribution in [3.63, 3.8) is 0 Å². The van der Waals surface area contributed by atoms with Crippen LogP contribution in [0.25, 0.3) is 0 Å². The smallest absolute Gasteiger partial charge is 0.268 e. The fourth-order valence-electron chi connectivity index (χ4n) is 2.97. The van der Waals surface area contributed by atoms with Gasteiger partial charge in [0.05, 0.1) is 12.8 Å². The van der Waals surface area contributed by atoms with Gasteiger partial charge in [0, 0.05) is 19.0 Å². The zero-order valence-electron chi connectivity index (χ0n) is 13.9. The first-order valence-corrected chi connectivity index (χ1v) is 8.07. The minimum atomic E-state index is -0.637. The molecule has 1 amide bonds. The third-order valence-corrected chi connectivity index (χ3v) is 4.09. The zero-order valence-corrected chi connectivity index (χ0v) is 13.9. The molecule has 1 aliphatic rings. The van der Waals surface area contributed by atoms with Gasteiger partial charge in [0.2, 0.25) is 0 Å². The minimum absolute atomic E-state index is 0.0686. The highest BCUT2D eigenvalue weighted by molar-refractivity contribution is 6.00. The SMILES string of the molecule is CCCN1C(=O)C(Cc2ccccc2OC)Oc2cc(O)ccc21. The average Bonchev–Trinajstić information content (AvgIpc) is 2.59. The summed E-state index contributed by atoms with van der Waals surface area (Å²) >= 11 is 0. The number of para-hydroxylation sites is 1. The summed E-state index contributed by atoms with van der Waals surface area (Å²) in [6, 6.07) is 12.4. The maximum absolute atomic E-state index is 12.9. The van der Waals surface area contributed by atoms with E-state index in [0.29, 0.717) is 24.4 Å². The number of amides is 1. The van der Waals surface area contributed by atoms with E-state index in [1.807, 2.05) is 31.2 Å². The number of methoxy groups -OCH3 is 1. The Morgan fingerprint density at radius 1 is 1.25 bits per heavy atom. The number of rotatable bonds is 5. The molecule has 0 spiro atoms. The molecule has 0 fully saturated rings. The summed E-state index contributed by atoms with van der Waals surface area (Å²) in [6.07, 6.45) is 0.619. The molecule has 1 N–H and O–H groups in total. The molecule has 0 saturated carbocycles. The van der Waals surface area contributed by atoms with Crippen LogP contribution in [-0.4, -0.2) is 30.8 Å². The second-order valence-electron chi connectivity index (χ2n) is 5.76. The van der Waals surface area contributed by atoms with Crippen molar-refractivity contribution in [1.29, 1.82) is 0 Å². The van der Waals surface area contributed by atoms with E-state index in [9.17, 15) is 9.90 Å². The van der Waals surface area contributed by atoms with Gasteiger partial charge in [-0.3, -0.25) is 4.79 Å². The molecule has 0 bridgehead atoms. The molecule has 1 unspecified atom stereocenters. The number of phenols is 1. The molecule has 24 heavy (non-hydrogen) atoms. The Bertz CT molecular complexity index is 744. The van der Waals surface area contributed by atoms with Crippen molar-refractivity contribution in [3.05, 3.63) is 48.0 Å². The number of hydrogen-bond acceptors (Lipinski definition) is 4. The molecule has 5 heteroatoms. The van der Waals surface area contributed by atoms with Gasteiger partial charge in [-0.25, -0.2) is 0 Å². The van der Waals surface area contributed by atoms with E-state index in [2.05, 4.69) is 0 Å². The predicted octanol–water partition coefficient (Wildman–Crippen LogP) is 3.15. The first-order valence-electron chi connectivity index (χ1n) is 8.07. The number of carbonyl (C=O) groups is 1. The van der Waals surface area contributed by atoms with Gasteiger partial charge in [-0.05, 0) is 30.2 Å². The number of benzene rings is 2. The maximum Gasteiger partial charge on any atom is 0.268 e. The van der Waals surface area contributed by atoms with Gasteiger partial charge in [0.1, 0.15) is 17.2 Å². The van der Waals surface area contributed by atoms with E-state index in [1.165, 1.54) is 0 Å². The molecule has 2 aromatic rings. The van der Waals surface area contributed by atoms with Crippen LogP contribution in [0.1, 0.15) is 18.9 Å². The molecule has 0 aliphatic carbocycles. The van der Waals surface area contributed by atoms with Crippen molar-refractivity contribution in [2.24, 2.45) is 0 Å². The second-order valence-corrected chi connectivity index (χ2v) is 5.76. The van der Waals surface area contributed by atoms with Crippen LogP contribution in [0.5, 0.6) is 17.2 Å². The van der Waals surface area contributed by atoms with E-state index in [0.717, 1.165) is 17.7 Å². The number of aromatic hydroxyl groups is 1. The zero-order chi connectivity index (χ0) is 17.1. The van der Waals surface area contributed by atoms with E-state index >= 15 is 0 Å². The number of anilines is 1. The second kappa shape index (κ2) is 6.83. The average molecular weight is 327 g/mol. The van der Waals surface area contributed by atoms with Crippen LogP contribution >= 0.6 is 0 Å². The van der Waals surface area contributed by atoms with Gasteiger partial charge in [0.25, 0.3) is 5.91 Å². The summed E-state index contributed by atoms with van der Waals surface area (Å²) in [7, 11) is 1.61. The summed E-state index contributed by atoms with van der Waals surface area (Å²) in [5, 5.41) is 9.73. The van der Waals surface area contributed by atoms with Crippen molar-refractivity contribution < 1.29 is 19.4 Å². The highest BCUT2D eigenvalue weighted by atomic mass is 16.5. The van der Waals surface area contributed by atoms with E-state index in [1.54, 1.807) is 30.2 Å². The molecule has 126 valence electrons. The molecular formula is C19H21NO4. The van der Waals surface area contributed by atoms with Crippen molar-refractivity contribution in [3.8, 4) is 17.2 Å². The molecule has 1 atom stereocenters. The normalized spacial score (nSPS) is 16.5. The number of hydrogen-bond donors (Lipinski definition) is 1. The fraction of sp³-hybridized carbons (Fsp3) is 0.316. The standard InChI is InChI=1S/C19H21NO4/c1-3-10-20-15-9-8-14(21)12-17(15)24-18(19(20)22)11-13-6-4-5-7-16(13)23-2/h4-9,12,18,21H,3,10-11H2,1-2H3. The van der Waals surface area contributed by atoms with Crippen LogP contribution < -0.4 is 14.4 Å². The van der Waals surface area contributed by atoms with Gasteiger partial charge in [-0.1, -0.05) is 25.1 Å². The Morgan fingerprint density at radius 3 is 2.79 bits per heavy atom. The summed E-state index contributed by atoms with van der Waals surface area (Å²) in [5.41, 5.74) is 1.62. The number of carbonyl (C=O) groups excluding carboxylic acids is 1. The van der Waals surface area contributed by atoms with Crippen LogP contribution in [0.2, 0.25) is 0 Å². The fourth-order valence-corrected chi connectivity index (χ4v) is 2.97. The number of ether oxygens (including phenoxy) is 2. The molecule has 0 aromatic heterocycles. The first-order chi connectivity index (χ1) is 11.6. The summed E-state index contributed by atoms with van der Waals surface area (Å²) in [6.45, 7) is 2.64. The molecule has 1 heterocycles.